The lowest BCUT2D eigenvalue weighted by atomic mass is 9.97. The van der Waals surface area contributed by atoms with Crippen LogP contribution in [0.1, 0.15) is 41.9 Å². The Morgan fingerprint density at radius 2 is 2.00 bits per heavy atom. The Balaban J connectivity index is 1.57. The van der Waals surface area contributed by atoms with E-state index in [0.717, 1.165) is 41.9 Å². The molecule has 3 N–H and O–H groups in total. The number of nitrogens with zero attached hydrogens (tertiary/aromatic N) is 1. The van der Waals surface area contributed by atoms with Crippen LogP contribution in [0.25, 0.3) is 0 Å². The summed E-state index contributed by atoms with van der Waals surface area (Å²) < 4.78 is 12.9. The summed E-state index contributed by atoms with van der Waals surface area (Å²) in [6.07, 6.45) is 5.09. The zero-order valence-electron chi connectivity index (χ0n) is 13.6. The molecule has 1 saturated carbocycles. The Kier molecular flexibility index (Phi) is 5.26. The van der Waals surface area contributed by atoms with Gasteiger partial charge in [-0.25, -0.2) is 9.37 Å². The van der Waals surface area contributed by atoms with Crippen LogP contribution >= 0.6 is 11.3 Å². The van der Waals surface area contributed by atoms with Gasteiger partial charge in [0.2, 0.25) is 5.91 Å². The number of halogens is 1. The van der Waals surface area contributed by atoms with Crippen LogP contribution in [-0.2, 0) is 17.6 Å². The molecule has 1 aliphatic carbocycles. The van der Waals surface area contributed by atoms with Gasteiger partial charge >= 0.3 is 0 Å². The third-order valence-electron chi connectivity index (χ3n) is 4.57. The van der Waals surface area contributed by atoms with Gasteiger partial charge in [0.15, 0.2) is 0 Å². The number of rotatable bonds is 6. The first kappa shape index (κ1) is 17.0. The molecule has 1 aromatic carbocycles. The summed E-state index contributed by atoms with van der Waals surface area (Å²) in [5.74, 6) is -0.253. The second kappa shape index (κ2) is 7.40. The molecule has 3 rings (SSSR count). The SMILES string of the molecule is NCC1(NC(=O)Cc2csc(Cc3ccc(F)cc3)n2)CCCC1. The molecule has 0 bridgehead atoms. The molecule has 0 aliphatic heterocycles. The molecule has 24 heavy (non-hydrogen) atoms. The third-order valence-corrected chi connectivity index (χ3v) is 5.46. The van der Waals surface area contributed by atoms with E-state index in [1.807, 2.05) is 5.38 Å². The molecule has 4 nitrogen and oxygen atoms in total. The topological polar surface area (TPSA) is 68.0 Å². The van der Waals surface area contributed by atoms with Gasteiger partial charge in [0.1, 0.15) is 5.82 Å². The van der Waals surface area contributed by atoms with E-state index in [-0.39, 0.29) is 23.7 Å². The van der Waals surface area contributed by atoms with Crippen LogP contribution in [0.5, 0.6) is 0 Å². The highest BCUT2D eigenvalue weighted by molar-refractivity contribution is 7.09. The van der Waals surface area contributed by atoms with Crippen LogP contribution in [0.3, 0.4) is 0 Å². The fraction of sp³-hybridized carbons (Fsp3) is 0.444. The molecule has 0 spiro atoms. The maximum atomic E-state index is 12.9. The molecule has 0 radical (unpaired) electrons. The van der Waals surface area contributed by atoms with Crippen LogP contribution in [-0.4, -0.2) is 23.0 Å². The Labute approximate surface area is 145 Å². The summed E-state index contributed by atoms with van der Waals surface area (Å²) in [4.78, 5) is 16.8. The zero-order valence-corrected chi connectivity index (χ0v) is 14.4. The maximum absolute atomic E-state index is 12.9. The molecule has 1 amide bonds. The van der Waals surface area contributed by atoms with Gasteiger partial charge in [-0.3, -0.25) is 4.79 Å². The first-order valence-corrected chi connectivity index (χ1v) is 9.15. The van der Waals surface area contributed by atoms with Crippen LogP contribution in [0.4, 0.5) is 4.39 Å². The molecule has 1 fully saturated rings. The Hall–Kier alpha value is -1.79. The van der Waals surface area contributed by atoms with Crippen LogP contribution < -0.4 is 11.1 Å². The van der Waals surface area contributed by atoms with Crippen molar-refractivity contribution in [1.29, 1.82) is 0 Å². The van der Waals surface area contributed by atoms with E-state index >= 15 is 0 Å². The highest BCUT2D eigenvalue weighted by atomic mass is 32.1. The first-order valence-electron chi connectivity index (χ1n) is 8.27. The molecule has 128 valence electrons. The van der Waals surface area contributed by atoms with E-state index in [1.54, 1.807) is 12.1 Å². The molecular weight excluding hydrogens is 325 g/mol. The largest absolute Gasteiger partial charge is 0.349 e. The van der Waals surface area contributed by atoms with Crippen LogP contribution in [0.15, 0.2) is 29.6 Å². The summed E-state index contributed by atoms with van der Waals surface area (Å²) in [5.41, 5.74) is 7.42. The minimum Gasteiger partial charge on any atom is -0.349 e. The second-order valence-corrected chi connectivity index (χ2v) is 7.39. The van der Waals surface area contributed by atoms with Gasteiger partial charge in [-0.05, 0) is 30.5 Å². The van der Waals surface area contributed by atoms with Crippen molar-refractivity contribution in [3.05, 3.63) is 51.7 Å². The fourth-order valence-electron chi connectivity index (χ4n) is 3.22. The van der Waals surface area contributed by atoms with Crippen molar-refractivity contribution in [2.75, 3.05) is 6.54 Å². The van der Waals surface area contributed by atoms with E-state index in [2.05, 4.69) is 10.3 Å². The molecule has 1 aromatic heterocycles. The van der Waals surface area contributed by atoms with Crippen molar-refractivity contribution in [2.24, 2.45) is 5.73 Å². The van der Waals surface area contributed by atoms with E-state index < -0.39 is 0 Å². The van der Waals surface area contributed by atoms with Crippen molar-refractivity contribution in [1.82, 2.24) is 10.3 Å². The number of carbonyl (C=O) groups excluding carboxylic acids is 1. The van der Waals surface area contributed by atoms with Crippen molar-refractivity contribution < 1.29 is 9.18 Å². The molecule has 1 heterocycles. The number of aromatic nitrogens is 1. The molecule has 1 aliphatic rings. The first-order chi connectivity index (χ1) is 11.6. The minimum atomic E-state index is -0.240. The number of benzene rings is 1. The molecule has 6 heteroatoms. The monoisotopic (exact) mass is 347 g/mol. The zero-order chi connectivity index (χ0) is 17.0. The Morgan fingerprint density at radius 3 is 2.67 bits per heavy atom. The van der Waals surface area contributed by atoms with Gasteiger partial charge in [-0.15, -0.1) is 11.3 Å². The average Bonchev–Trinajstić information content (AvgIpc) is 3.20. The minimum absolute atomic E-state index is 0.0130. The number of hydrogen-bond donors (Lipinski definition) is 2. The molecule has 0 saturated heterocycles. The number of hydrogen-bond acceptors (Lipinski definition) is 4. The van der Waals surface area contributed by atoms with Crippen molar-refractivity contribution in [3.63, 3.8) is 0 Å². The van der Waals surface area contributed by atoms with Gasteiger partial charge in [0.25, 0.3) is 0 Å². The standard InChI is InChI=1S/C18H22FN3OS/c19-14-5-3-13(4-6-14)9-17-21-15(11-24-17)10-16(23)22-18(12-20)7-1-2-8-18/h3-6,11H,1-2,7-10,12,20H2,(H,22,23). The quantitative estimate of drug-likeness (QED) is 0.844. The summed E-state index contributed by atoms with van der Waals surface area (Å²) in [6.45, 7) is 0.492. The lowest BCUT2D eigenvalue weighted by Crippen LogP contribution is -2.52. The normalized spacial score (nSPS) is 16.2. The molecule has 0 atom stereocenters. The predicted octanol–water partition coefficient (Wildman–Crippen LogP) is 2.80. The Morgan fingerprint density at radius 1 is 1.29 bits per heavy atom. The highest BCUT2D eigenvalue weighted by Crippen LogP contribution is 2.28. The number of carbonyl (C=O) groups is 1. The Bertz CT molecular complexity index is 693. The van der Waals surface area contributed by atoms with Gasteiger partial charge in [-0.2, -0.15) is 0 Å². The summed E-state index contributed by atoms with van der Waals surface area (Å²) in [5, 5.41) is 5.96. The lowest BCUT2D eigenvalue weighted by Gasteiger charge is -2.28. The molecule has 2 aromatic rings. The molecule has 0 unspecified atom stereocenters. The number of thiazole rings is 1. The van der Waals surface area contributed by atoms with Crippen LogP contribution in [0, 0.1) is 5.82 Å². The number of amides is 1. The van der Waals surface area contributed by atoms with Crippen LogP contribution in [0.2, 0.25) is 0 Å². The van der Waals surface area contributed by atoms with E-state index in [0.29, 0.717) is 13.0 Å². The fourth-order valence-corrected chi connectivity index (χ4v) is 4.05. The summed E-state index contributed by atoms with van der Waals surface area (Å²) >= 11 is 1.53. The van der Waals surface area contributed by atoms with E-state index in [4.69, 9.17) is 5.73 Å². The van der Waals surface area contributed by atoms with Gasteiger partial charge < -0.3 is 11.1 Å². The van der Waals surface area contributed by atoms with Gasteiger partial charge in [0.05, 0.1) is 22.7 Å². The number of nitrogens with one attached hydrogen (secondary N) is 1. The van der Waals surface area contributed by atoms with Crippen molar-refractivity contribution >= 4 is 17.2 Å². The van der Waals surface area contributed by atoms with Crippen molar-refractivity contribution in [3.8, 4) is 0 Å². The summed E-state index contributed by atoms with van der Waals surface area (Å²) in [7, 11) is 0. The second-order valence-electron chi connectivity index (χ2n) is 6.45. The van der Waals surface area contributed by atoms with E-state index in [9.17, 15) is 9.18 Å². The highest BCUT2D eigenvalue weighted by Gasteiger charge is 2.33. The van der Waals surface area contributed by atoms with Crippen molar-refractivity contribution in [2.45, 2.75) is 44.1 Å². The lowest BCUT2D eigenvalue weighted by molar-refractivity contribution is -0.122. The van der Waals surface area contributed by atoms with E-state index in [1.165, 1.54) is 23.5 Å². The summed E-state index contributed by atoms with van der Waals surface area (Å²) in [6, 6.07) is 6.42. The third kappa shape index (κ3) is 4.19. The maximum Gasteiger partial charge on any atom is 0.226 e. The average molecular weight is 347 g/mol. The predicted molar refractivity (Wildman–Crippen MR) is 93.4 cm³/mol. The molecular formula is C18H22FN3OS. The van der Waals surface area contributed by atoms with Gasteiger partial charge in [0, 0.05) is 18.3 Å². The van der Waals surface area contributed by atoms with Gasteiger partial charge in [-0.1, -0.05) is 25.0 Å². The number of nitrogens with two attached hydrogens (primary N) is 1. The smallest absolute Gasteiger partial charge is 0.226 e.